The fourth-order valence-corrected chi connectivity index (χ4v) is 1.97. The minimum atomic E-state index is -0.355. The first-order valence-electron chi connectivity index (χ1n) is 4.23. The number of amides is 1. The number of rotatable bonds is 2. The molecular weight excluding hydrogens is 358 g/mol. The van der Waals surface area contributed by atoms with Crippen molar-refractivity contribution >= 4 is 55.1 Å². The second-order valence-electron chi connectivity index (χ2n) is 2.99. The Hall–Kier alpha value is -0.500. The van der Waals surface area contributed by atoms with E-state index in [9.17, 15) is 4.79 Å². The van der Waals surface area contributed by atoms with Crippen LogP contribution in [0, 0.1) is 0 Å². The van der Waals surface area contributed by atoms with Crippen molar-refractivity contribution in [2.75, 3.05) is 0 Å². The Morgan fingerprint density at radius 1 is 1.44 bits per heavy atom. The Bertz CT molecular complexity index is 439. The molecule has 0 saturated carbocycles. The van der Waals surface area contributed by atoms with Crippen LogP contribution in [0.2, 0.25) is 0 Å². The van der Waals surface area contributed by atoms with Gasteiger partial charge in [-0.05, 0) is 55.7 Å². The highest BCUT2D eigenvalue weighted by atomic mass is 79.9. The van der Waals surface area contributed by atoms with Crippen molar-refractivity contribution in [2.45, 2.75) is 6.42 Å². The first kappa shape index (κ1) is 13.6. The zero-order chi connectivity index (χ0) is 12.3. The van der Waals surface area contributed by atoms with E-state index < -0.39 is 0 Å². The van der Waals surface area contributed by atoms with E-state index in [0.29, 0.717) is 0 Å². The van der Waals surface area contributed by atoms with Crippen LogP contribution in [-0.2, 0) is 11.2 Å². The highest BCUT2D eigenvalue weighted by molar-refractivity contribution is 9.13. The lowest BCUT2D eigenvalue weighted by Crippen LogP contribution is -2.46. The van der Waals surface area contributed by atoms with E-state index in [1.807, 2.05) is 18.2 Å². The first-order chi connectivity index (χ1) is 7.43. The van der Waals surface area contributed by atoms with Gasteiger partial charge in [0.15, 0.2) is 5.11 Å². The molecule has 1 amide bonds. The molecule has 7 heteroatoms. The van der Waals surface area contributed by atoms with Crippen LogP contribution in [0.1, 0.15) is 5.56 Å². The second kappa shape index (κ2) is 5.72. The van der Waals surface area contributed by atoms with Crippen molar-refractivity contribution < 1.29 is 4.79 Å². The van der Waals surface area contributed by atoms with Crippen LogP contribution in [0.4, 0.5) is 0 Å². The molecular formula is C9H9Br2N3OS. The SMILES string of the molecule is NC(=S)N(N)C(=O)Cc1cccc(Br)c1Br. The summed E-state index contributed by atoms with van der Waals surface area (Å²) in [4.78, 5) is 11.6. The van der Waals surface area contributed by atoms with Gasteiger partial charge in [-0.25, -0.2) is 10.9 Å². The predicted octanol–water partition coefficient (Wildman–Crippen LogP) is 1.70. The van der Waals surface area contributed by atoms with Gasteiger partial charge in [-0.1, -0.05) is 12.1 Å². The van der Waals surface area contributed by atoms with Gasteiger partial charge >= 0.3 is 0 Å². The molecule has 4 nitrogen and oxygen atoms in total. The molecule has 0 radical (unpaired) electrons. The molecule has 0 heterocycles. The lowest BCUT2D eigenvalue weighted by molar-refractivity contribution is -0.126. The lowest BCUT2D eigenvalue weighted by Gasteiger charge is -2.14. The molecule has 0 aromatic heterocycles. The smallest absolute Gasteiger partial charge is 0.247 e. The Kier molecular flexibility index (Phi) is 4.85. The van der Waals surface area contributed by atoms with E-state index in [-0.39, 0.29) is 17.4 Å². The Balaban J connectivity index is 2.85. The number of benzene rings is 1. The Morgan fingerprint density at radius 2 is 2.06 bits per heavy atom. The maximum atomic E-state index is 11.6. The fourth-order valence-electron chi connectivity index (χ4n) is 1.06. The zero-order valence-corrected chi connectivity index (χ0v) is 12.1. The third-order valence-corrected chi connectivity index (χ3v) is 4.21. The number of nitrogens with zero attached hydrogens (tertiary/aromatic N) is 1. The van der Waals surface area contributed by atoms with Crippen molar-refractivity contribution in [1.82, 2.24) is 5.01 Å². The van der Waals surface area contributed by atoms with Gasteiger partial charge < -0.3 is 5.73 Å². The topological polar surface area (TPSA) is 72.3 Å². The summed E-state index contributed by atoms with van der Waals surface area (Å²) in [5.74, 6) is 5.03. The van der Waals surface area contributed by atoms with E-state index in [2.05, 4.69) is 44.1 Å². The van der Waals surface area contributed by atoms with Crippen LogP contribution in [0.5, 0.6) is 0 Å². The van der Waals surface area contributed by atoms with E-state index >= 15 is 0 Å². The number of hydrogen-bond acceptors (Lipinski definition) is 3. The molecule has 0 atom stereocenters. The fraction of sp³-hybridized carbons (Fsp3) is 0.111. The van der Waals surface area contributed by atoms with Gasteiger partial charge in [-0.2, -0.15) is 0 Å². The van der Waals surface area contributed by atoms with Crippen molar-refractivity contribution in [3.05, 3.63) is 32.7 Å². The van der Waals surface area contributed by atoms with Crippen LogP contribution in [0.25, 0.3) is 0 Å². The summed E-state index contributed by atoms with van der Waals surface area (Å²) in [5.41, 5.74) is 6.06. The quantitative estimate of drug-likeness (QED) is 0.361. The molecule has 86 valence electrons. The summed E-state index contributed by atoms with van der Waals surface area (Å²) >= 11 is 11.3. The molecule has 1 aromatic rings. The average Bonchev–Trinajstić information content (AvgIpc) is 2.23. The third kappa shape index (κ3) is 3.24. The van der Waals surface area contributed by atoms with Gasteiger partial charge in [0.2, 0.25) is 5.91 Å². The van der Waals surface area contributed by atoms with E-state index in [0.717, 1.165) is 19.5 Å². The maximum Gasteiger partial charge on any atom is 0.247 e. The van der Waals surface area contributed by atoms with Crippen LogP contribution in [0.15, 0.2) is 27.1 Å². The summed E-state index contributed by atoms with van der Waals surface area (Å²) in [5, 5.41) is 0.624. The molecule has 0 saturated heterocycles. The van der Waals surface area contributed by atoms with E-state index in [1.54, 1.807) is 0 Å². The third-order valence-electron chi connectivity index (χ3n) is 1.88. The van der Waals surface area contributed by atoms with E-state index in [4.69, 9.17) is 11.6 Å². The van der Waals surface area contributed by atoms with E-state index in [1.165, 1.54) is 0 Å². The Morgan fingerprint density at radius 3 is 2.62 bits per heavy atom. The van der Waals surface area contributed by atoms with Crippen LogP contribution < -0.4 is 11.6 Å². The van der Waals surface area contributed by atoms with Gasteiger partial charge in [-0.15, -0.1) is 0 Å². The molecule has 0 fully saturated rings. The summed E-state index contributed by atoms with van der Waals surface area (Å²) in [6, 6.07) is 5.52. The van der Waals surface area contributed by atoms with Crippen molar-refractivity contribution in [3.63, 3.8) is 0 Å². The number of thiocarbonyl (C=S) groups is 1. The zero-order valence-electron chi connectivity index (χ0n) is 8.11. The molecule has 16 heavy (non-hydrogen) atoms. The molecule has 0 bridgehead atoms. The van der Waals surface area contributed by atoms with Crippen molar-refractivity contribution in [1.29, 1.82) is 0 Å². The number of hydrogen-bond donors (Lipinski definition) is 2. The number of halogens is 2. The predicted molar refractivity (Wildman–Crippen MR) is 73.4 cm³/mol. The molecule has 4 N–H and O–H groups in total. The molecule has 0 unspecified atom stereocenters. The van der Waals surface area contributed by atoms with Crippen LogP contribution in [-0.4, -0.2) is 16.0 Å². The molecule has 1 rings (SSSR count). The minimum absolute atomic E-state index is 0.133. The first-order valence-corrected chi connectivity index (χ1v) is 6.23. The largest absolute Gasteiger partial charge is 0.375 e. The number of hydrazine groups is 1. The molecule has 0 aliphatic carbocycles. The summed E-state index contributed by atoms with van der Waals surface area (Å²) in [6.07, 6.45) is 0.133. The minimum Gasteiger partial charge on any atom is -0.375 e. The highest BCUT2D eigenvalue weighted by Gasteiger charge is 2.14. The highest BCUT2D eigenvalue weighted by Crippen LogP contribution is 2.26. The maximum absolute atomic E-state index is 11.6. The summed E-state index contributed by atoms with van der Waals surface area (Å²) in [7, 11) is 0. The van der Waals surface area contributed by atoms with Crippen molar-refractivity contribution in [2.24, 2.45) is 11.6 Å². The summed E-state index contributed by atoms with van der Waals surface area (Å²) < 4.78 is 1.69. The number of nitrogens with two attached hydrogens (primary N) is 2. The number of carbonyl (C=O) groups excluding carboxylic acids is 1. The van der Waals surface area contributed by atoms with Gasteiger partial charge in [0.25, 0.3) is 0 Å². The normalized spacial score (nSPS) is 9.94. The number of carbonyl (C=O) groups is 1. The van der Waals surface area contributed by atoms with Crippen molar-refractivity contribution in [3.8, 4) is 0 Å². The standard InChI is InChI=1S/C9H9Br2N3OS/c10-6-3-1-2-5(8(6)11)4-7(15)14(13)9(12)16/h1-3H,4,13H2,(H2,12,16). The lowest BCUT2D eigenvalue weighted by atomic mass is 10.1. The summed E-state index contributed by atoms with van der Waals surface area (Å²) in [6.45, 7) is 0. The second-order valence-corrected chi connectivity index (χ2v) is 5.06. The van der Waals surface area contributed by atoms with Gasteiger partial charge in [0, 0.05) is 8.95 Å². The molecule has 0 aliphatic rings. The molecule has 0 spiro atoms. The van der Waals surface area contributed by atoms with Crippen LogP contribution >= 0.6 is 44.1 Å². The van der Waals surface area contributed by atoms with Crippen LogP contribution in [0.3, 0.4) is 0 Å². The monoisotopic (exact) mass is 365 g/mol. The van der Waals surface area contributed by atoms with Gasteiger partial charge in [-0.3, -0.25) is 4.79 Å². The molecule has 0 aliphatic heterocycles. The Labute approximate surface area is 115 Å². The average molecular weight is 367 g/mol. The van der Waals surface area contributed by atoms with Gasteiger partial charge in [0.1, 0.15) is 0 Å². The molecule has 1 aromatic carbocycles. The van der Waals surface area contributed by atoms with Gasteiger partial charge in [0.05, 0.1) is 6.42 Å².